The van der Waals surface area contributed by atoms with Crippen molar-refractivity contribution >= 4 is 0 Å². The Hall–Kier alpha value is -0.860. The van der Waals surface area contributed by atoms with Crippen molar-refractivity contribution in [1.29, 1.82) is 0 Å². The average molecular weight is 817 g/mol. The van der Waals surface area contributed by atoms with Crippen LogP contribution >= 0.6 is 0 Å². The SMILES string of the molecule is CC(C)(O)[C@@H](O)/C=C/[C@](C)(O)[C@H]1CC[C@]2(C)[C@@H]1[C@H](O)C[C@@H]1[C@@]3(C)CC[C@H](O[C@@H]4O[C@H](CO)[C@@H](O)[C@H](O)[C@H]4O[C@@H]4O[C@H](CO)[C@@H](O)[C@H](O)[C@H]4O)C(C)(C)[C@@H]3CC[C@]12C. The van der Waals surface area contributed by atoms with Gasteiger partial charge in [0.2, 0.25) is 0 Å². The highest BCUT2D eigenvalue weighted by Crippen LogP contribution is 2.76. The molecule has 2 saturated heterocycles. The monoisotopic (exact) mass is 816 g/mol. The van der Waals surface area contributed by atoms with Gasteiger partial charge in [-0.05, 0) is 111 Å². The largest absolute Gasteiger partial charge is 0.394 e. The highest BCUT2D eigenvalue weighted by Gasteiger charge is 2.71. The molecule has 0 spiro atoms. The van der Waals surface area contributed by atoms with Crippen molar-refractivity contribution in [3.05, 3.63) is 12.2 Å². The summed E-state index contributed by atoms with van der Waals surface area (Å²) < 4.78 is 24.3. The number of hydrogen-bond donors (Lipinski definition) is 11. The summed E-state index contributed by atoms with van der Waals surface area (Å²) in [5, 5.41) is 118. The Morgan fingerprint density at radius 1 is 0.702 bits per heavy atom. The molecule has 15 nitrogen and oxygen atoms in total. The van der Waals surface area contributed by atoms with E-state index in [2.05, 4.69) is 34.6 Å². The van der Waals surface area contributed by atoms with Crippen LogP contribution in [-0.4, -0.2) is 160 Å². The molecular formula is C42H72O15. The maximum absolute atomic E-state index is 12.2. The molecule has 0 bridgehead atoms. The minimum Gasteiger partial charge on any atom is -0.394 e. The number of fused-ring (bicyclic) bond motifs is 5. The van der Waals surface area contributed by atoms with Crippen LogP contribution in [0.15, 0.2) is 12.2 Å². The van der Waals surface area contributed by atoms with E-state index in [1.54, 1.807) is 13.0 Å². The van der Waals surface area contributed by atoms with Crippen LogP contribution in [0, 0.1) is 45.3 Å². The van der Waals surface area contributed by atoms with Gasteiger partial charge in [0.15, 0.2) is 12.6 Å². The van der Waals surface area contributed by atoms with E-state index in [1.807, 2.05) is 0 Å². The standard InChI is InChI=1S/C42H72O15/c1-37(2)24-10-15-40(6)25(17-21(45)28-20(9-14-41(28,40)7)42(8,53)16-11-26(46)38(3,4)52)39(24,5)13-12-27(37)56-36-34(32(50)30(48)23(19-44)55-36)57-35-33(51)31(49)29(47)22(18-43)54-35/h11,16,20-36,43-53H,9-10,12-15,17-19H2,1-8H3/b16-11+/t20-,21+,22+,23+,24-,25+,26-,27-,28-,29+,30+,31-,32-,33+,34+,35-,36-,39-,40+,41+,42-/m0/s1. The minimum atomic E-state index is -1.77. The van der Waals surface area contributed by atoms with Crippen molar-refractivity contribution < 1.29 is 75.1 Å². The Kier molecular flexibility index (Phi) is 12.7. The van der Waals surface area contributed by atoms with Crippen LogP contribution in [0.1, 0.15) is 100 Å². The van der Waals surface area contributed by atoms with Gasteiger partial charge >= 0.3 is 0 Å². The van der Waals surface area contributed by atoms with E-state index in [1.165, 1.54) is 19.9 Å². The first-order valence-electron chi connectivity index (χ1n) is 21.0. The number of hydrogen-bond acceptors (Lipinski definition) is 15. The Bertz CT molecular complexity index is 1430. The molecule has 2 aliphatic heterocycles. The third-order valence-electron chi connectivity index (χ3n) is 16.7. The van der Waals surface area contributed by atoms with Crippen molar-refractivity contribution in [3.63, 3.8) is 0 Å². The smallest absolute Gasteiger partial charge is 0.187 e. The molecule has 11 N–H and O–H groups in total. The molecule has 4 saturated carbocycles. The van der Waals surface area contributed by atoms with Gasteiger partial charge < -0.3 is 75.1 Å². The lowest BCUT2D eigenvalue weighted by molar-refractivity contribution is -0.378. The molecule has 6 rings (SSSR count). The van der Waals surface area contributed by atoms with Crippen LogP contribution in [0.3, 0.4) is 0 Å². The van der Waals surface area contributed by atoms with Crippen molar-refractivity contribution in [3.8, 4) is 0 Å². The summed E-state index contributed by atoms with van der Waals surface area (Å²) in [5.74, 6) is -0.175. The van der Waals surface area contributed by atoms with Gasteiger partial charge in [-0.1, -0.05) is 46.8 Å². The number of aliphatic hydroxyl groups excluding tert-OH is 9. The molecule has 0 aromatic carbocycles. The zero-order valence-electron chi connectivity index (χ0n) is 34.9. The maximum Gasteiger partial charge on any atom is 0.187 e. The number of ether oxygens (including phenoxy) is 4. The van der Waals surface area contributed by atoms with Crippen molar-refractivity contribution in [1.82, 2.24) is 0 Å². The molecule has 0 radical (unpaired) electrons. The fourth-order valence-electron chi connectivity index (χ4n) is 13.1. The summed E-state index contributed by atoms with van der Waals surface area (Å²) in [6.07, 6.45) is -9.42. The maximum atomic E-state index is 12.2. The minimum absolute atomic E-state index is 0.123. The first kappa shape index (κ1) is 45.7. The van der Waals surface area contributed by atoms with Gasteiger partial charge in [0.1, 0.15) is 54.9 Å². The molecule has 15 heteroatoms. The third kappa shape index (κ3) is 7.49. The van der Waals surface area contributed by atoms with E-state index in [0.29, 0.717) is 19.3 Å². The molecule has 57 heavy (non-hydrogen) atoms. The second kappa shape index (κ2) is 15.8. The van der Waals surface area contributed by atoms with E-state index in [9.17, 15) is 56.2 Å². The van der Waals surface area contributed by atoms with Crippen LogP contribution < -0.4 is 0 Å². The van der Waals surface area contributed by atoms with Gasteiger partial charge in [-0.3, -0.25) is 0 Å². The van der Waals surface area contributed by atoms with E-state index in [4.69, 9.17) is 18.9 Å². The van der Waals surface area contributed by atoms with Gasteiger partial charge in [-0.15, -0.1) is 0 Å². The number of aliphatic hydroxyl groups is 11. The second-order valence-corrected chi connectivity index (χ2v) is 20.6. The summed E-state index contributed by atoms with van der Waals surface area (Å²) in [6.45, 7) is 14.7. The Labute approximate surface area is 336 Å². The first-order valence-corrected chi connectivity index (χ1v) is 21.0. The Morgan fingerprint density at radius 3 is 1.88 bits per heavy atom. The Morgan fingerprint density at radius 2 is 1.28 bits per heavy atom. The van der Waals surface area contributed by atoms with Crippen LogP contribution in [0.25, 0.3) is 0 Å². The topological polar surface area (TPSA) is 259 Å². The van der Waals surface area contributed by atoms with Crippen LogP contribution in [-0.2, 0) is 18.9 Å². The first-order chi connectivity index (χ1) is 26.3. The highest BCUT2D eigenvalue weighted by molar-refractivity contribution is 5.22. The highest BCUT2D eigenvalue weighted by atomic mass is 16.8. The molecular weight excluding hydrogens is 744 g/mol. The van der Waals surface area contributed by atoms with Gasteiger partial charge in [0.25, 0.3) is 0 Å². The molecule has 2 heterocycles. The fraction of sp³-hybridized carbons (Fsp3) is 0.952. The van der Waals surface area contributed by atoms with Crippen molar-refractivity contribution in [2.75, 3.05) is 13.2 Å². The zero-order valence-corrected chi connectivity index (χ0v) is 34.9. The lowest BCUT2D eigenvalue weighted by Crippen LogP contribution is -2.67. The Balaban J connectivity index is 1.23. The molecule has 0 amide bonds. The normalized spacial score (nSPS) is 51.8. The lowest BCUT2D eigenvalue weighted by atomic mass is 9.35. The molecule has 6 fully saturated rings. The van der Waals surface area contributed by atoms with Gasteiger partial charge in [0, 0.05) is 0 Å². The molecule has 0 unspecified atom stereocenters. The average Bonchev–Trinajstić information content (AvgIpc) is 3.52. The molecule has 330 valence electrons. The molecule has 0 aromatic heterocycles. The molecule has 4 aliphatic carbocycles. The third-order valence-corrected chi connectivity index (χ3v) is 16.7. The van der Waals surface area contributed by atoms with E-state index >= 15 is 0 Å². The van der Waals surface area contributed by atoms with Crippen molar-refractivity contribution in [2.45, 2.75) is 191 Å². The molecule has 21 atom stereocenters. The van der Waals surface area contributed by atoms with Crippen molar-refractivity contribution in [2.24, 2.45) is 45.3 Å². The molecule has 6 aliphatic rings. The fourth-order valence-corrected chi connectivity index (χ4v) is 13.1. The van der Waals surface area contributed by atoms with Crippen LogP contribution in [0.5, 0.6) is 0 Å². The summed E-state index contributed by atoms with van der Waals surface area (Å²) in [4.78, 5) is 0. The van der Waals surface area contributed by atoms with Crippen LogP contribution in [0.2, 0.25) is 0 Å². The summed E-state index contributed by atoms with van der Waals surface area (Å²) >= 11 is 0. The molecule has 0 aromatic rings. The lowest BCUT2D eigenvalue weighted by Gasteiger charge is -2.70. The van der Waals surface area contributed by atoms with E-state index in [0.717, 1.165) is 25.7 Å². The zero-order chi connectivity index (χ0) is 42.4. The summed E-state index contributed by atoms with van der Waals surface area (Å²) in [6, 6.07) is 0. The van der Waals surface area contributed by atoms with Gasteiger partial charge in [-0.25, -0.2) is 0 Å². The van der Waals surface area contributed by atoms with E-state index in [-0.39, 0.29) is 39.9 Å². The second-order valence-electron chi connectivity index (χ2n) is 20.6. The number of rotatable bonds is 10. The predicted molar refractivity (Wildman–Crippen MR) is 204 cm³/mol. The summed E-state index contributed by atoms with van der Waals surface area (Å²) in [7, 11) is 0. The van der Waals surface area contributed by atoms with Crippen LogP contribution in [0.4, 0.5) is 0 Å². The van der Waals surface area contributed by atoms with Gasteiger partial charge in [-0.2, -0.15) is 0 Å². The predicted octanol–water partition coefficient (Wildman–Crippen LogP) is 0.0906. The van der Waals surface area contributed by atoms with Gasteiger partial charge in [0.05, 0.1) is 36.6 Å². The van der Waals surface area contributed by atoms with E-state index < -0.39 is 110 Å². The quantitative estimate of drug-likeness (QED) is 0.103. The summed E-state index contributed by atoms with van der Waals surface area (Å²) in [5.41, 5.74) is -3.85.